The fraction of sp³-hybridized carbons (Fsp3) is 0.458. The molecule has 3 aliphatic carbocycles. The van der Waals surface area contributed by atoms with E-state index >= 15 is 0 Å². The summed E-state index contributed by atoms with van der Waals surface area (Å²) in [7, 11) is 0.453. The monoisotopic (exact) mass is 344 g/mol. The van der Waals surface area contributed by atoms with Gasteiger partial charge in [-0.2, -0.15) is 0 Å². The normalized spacial score (nSPS) is 21.5. The van der Waals surface area contributed by atoms with Gasteiger partial charge in [-0.15, -0.1) is 0 Å². The Kier molecular flexibility index (Phi) is 3.17. The molecule has 0 radical (unpaired) electrons. The van der Waals surface area contributed by atoms with Crippen molar-refractivity contribution in [2.75, 3.05) is 0 Å². The van der Waals surface area contributed by atoms with Gasteiger partial charge < -0.3 is 0 Å². The molecule has 1 aliphatic heterocycles. The van der Waals surface area contributed by atoms with E-state index in [0.29, 0.717) is 21.0 Å². The number of hydrogen-bond acceptors (Lipinski definition) is 0. The average Bonchev–Trinajstić information content (AvgIpc) is 3.09. The quantitative estimate of drug-likeness (QED) is 0.650. The molecule has 2 atom stereocenters. The van der Waals surface area contributed by atoms with Gasteiger partial charge in [0.2, 0.25) is 0 Å². The summed E-state index contributed by atoms with van der Waals surface area (Å²) in [4.78, 5) is 1.77. The van der Waals surface area contributed by atoms with Crippen LogP contribution in [-0.4, -0.2) is 9.13 Å². The second-order valence-corrected chi connectivity index (χ2v) is 10.6. The van der Waals surface area contributed by atoms with Crippen molar-refractivity contribution >= 4 is 14.7 Å². The van der Waals surface area contributed by atoms with Crippen LogP contribution in [0.15, 0.2) is 18.2 Å². The Morgan fingerprint density at radius 3 is 2.16 bits per heavy atom. The van der Waals surface area contributed by atoms with E-state index in [4.69, 9.17) is 0 Å². The second kappa shape index (κ2) is 5.04. The minimum Gasteiger partial charge on any atom is -0.0648 e. The lowest BCUT2D eigenvalue weighted by atomic mass is 9.89. The lowest BCUT2D eigenvalue weighted by Crippen LogP contribution is -2.11. The first kappa shape index (κ1) is 15.8. The minimum absolute atomic E-state index is 0.453. The summed E-state index contributed by atoms with van der Waals surface area (Å²) in [6.07, 6.45) is 1.33. The van der Waals surface area contributed by atoms with E-state index in [1.807, 2.05) is 5.57 Å². The Morgan fingerprint density at radius 1 is 0.960 bits per heavy atom. The highest BCUT2D eigenvalue weighted by Gasteiger charge is 2.50. The zero-order valence-corrected chi connectivity index (χ0v) is 17.5. The standard InChI is InChI=1S/C24H28Si/c1-7-17-20-22-18-13(6)24(25-17)23(20)19(21(18)22)16-9-14(11(2)3)8-15(10-16)12(4)5/h8-12,17,22,25H,7H2,1-6H3. The molecule has 0 N–H and O–H groups in total. The lowest BCUT2D eigenvalue weighted by Gasteiger charge is -2.15. The van der Waals surface area contributed by atoms with Crippen LogP contribution in [0.25, 0.3) is 16.7 Å². The van der Waals surface area contributed by atoms with Crippen LogP contribution < -0.4 is 5.22 Å². The lowest BCUT2D eigenvalue weighted by molar-refractivity contribution is 0.834. The zero-order valence-electron chi connectivity index (χ0n) is 16.3. The first-order chi connectivity index (χ1) is 11.9. The van der Waals surface area contributed by atoms with Gasteiger partial charge >= 0.3 is 0 Å². The molecule has 0 amide bonds. The van der Waals surface area contributed by atoms with Crippen LogP contribution in [-0.2, 0) is 0 Å². The Balaban J connectivity index is 1.81. The molecule has 0 saturated carbocycles. The molecule has 2 aromatic rings. The first-order valence-electron chi connectivity index (χ1n) is 10.0. The van der Waals surface area contributed by atoms with Crippen molar-refractivity contribution in [1.82, 2.24) is 0 Å². The van der Waals surface area contributed by atoms with Crippen LogP contribution in [0.2, 0.25) is 5.54 Å². The molecule has 1 heterocycles. The number of rotatable bonds is 4. The second-order valence-electron chi connectivity index (χ2n) is 8.88. The summed E-state index contributed by atoms with van der Waals surface area (Å²) in [5.41, 5.74) is 14.0. The first-order valence-corrected chi connectivity index (χ1v) is 11.3. The van der Waals surface area contributed by atoms with Crippen LogP contribution in [0.4, 0.5) is 0 Å². The van der Waals surface area contributed by atoms with Crippen LogP contribution >= 0.6 is 0 Å². The number of benzene rings is 2. The molecule has 4 aliphatic rings. The summed E-state index contributed by atoms with van der Waals surface area (Å²) in [6, 6.07) is 7.43. The third kappa shape index (κ3) is 1.91. The zero-order chi connectivity index (χ0) is 17.6. The van der Waals surface area contributed by atoms with E-state index in [-0.39, 0.29) is 0 Å². The summed E-state index contributed by atoms with van der Waals surface area (Å²) in [6.45, 7) is 14.1. The molecule has 1 heteroatoms. The molecule has 0 saturated heterocycles. The molecule has 6 bridgehead atoms. The Bertz CT molecular complexity index is 1030. The average molecular weight is 345 g/mol. The van der Waals surface area contributed by atoms with Gasteiger partial charge in [0.15, 0.2) is 0 Å². The van der Waals surface area contributed by atoms with Gasteiger partial charge in [-0.3, -0.25) is 0 Å². The van der Waals surface area contributed by atoms with Crippen LogP contribution in [0.5, 0.6) is 0 Å². The maximum absolute atomic E-state index is 2.49. The smallest absolute Gasteiger partial charge is 0.0326 e. The maximum atomic E-state index is 2.49. The maximum Gasteiger partial charge on any atom is 0.0326 e. The fourth-order valence-corrected chi connectivity index (χ4v) is 7.36. The van der Waals surface area contributed by atoms with E-state index in [1.165, 1.54) is 23.1 Å². The predicted octanol–water partition coefficient (Wildman–Crippen LogP) is 5.42. The third-order valence-corrected chi connectivity index (χ3v) is 9.08. The number of hydrogen-bond donors (Lipinski definition) is 0. The van der Waals surface area contributed by atoms with Crippen molar-refractivity contribution < 1.29 is 0 Å². The molecule has 0 nitrogen and oxygen atoms in total. The van der Waals surface area contributed by atoms with E-state index < -0.39 is 0 Å². The van der Waals surface area contributed by atoms with Gasteiger partial charge in [0.05, 0.1) is 0 Å². The van der Waals surface area contributed by atoms with Crippen LogP contribution in [0.1, 0.15) is 86.6 Å². The highest BCUT2D eigenvalue weighted by Crippen LogP contribution is 2.62. The summed E-state index contributed by atoms with van der Waals surface area (Å²) in [5, 5.41) is 1.71. The van der Waals surface area contributed by atoms with Gasteiger partial charge in [-0.25, -0.2) is 0 Å². The summed E-state index contributed by atoms with van der Waals surface area (Å²) in [5.74, 6) is 1.92. The van der Waals surface area contributed by atoms with Gasteiger partial charge in [-0.05, 0) is 85.3 Å². The molecule has 25 heavy (non-hydrogen) atoms. The van der Waals surface area contributed by atoms with Gasteiger partial charge in [-0.1, -0.05) is 52.8 Å². The van der Waals surface area contributed by atoms with Crippen molar-refractivity contribution in [2.24, 2.45) is 0 Å². The van der Waals surface area contributed by atoms with E-state index in [0.717, 1.165) is 11.5 Å². The van der Waals surface area contributed by atoms with Crippen LogP contribution in [0, 0.1) is 11.7 Å². The van der Waals surface area contributed by atoms with Crippen molar-refractivity contribution in [3.05, 3.63) is 56.0 Å². The predicted molar refractivity (Wildman–Crippen MR) is 110 cm³/mol. The van der Waals surface area contributed by atoms with Gasteiger partial charge in [0.1, 0.15) is 0 Å². The molecular weight excluding hydrogens is 316 g/mol. The van der Waals surface area contributed by atoms with E-state index in [2.05, 4.69) is 59.7 Å². The topological polar surface area (TPSA) is 0 Å². The Labute approximate surface area is 153 Å². The Morgan fingerprint density at radius 2 is 1.60 bits per heavy atom. The van der Waals surface area contributed by atoms with Crippen molar-refractivity contribution in [1.29, 1.82) is 0 Å². The van der Waals surface area contributed by atoms with E-state index in [9.17, 15) is 0 Å². The summed E-state index contributed by atoms with van der Waals surface area (Å²) >= 11 is 0. The Hall–Kier alpha value is -1.47. The van der Waals surface area contributed by atoms with Crippen molar-refractivity contribution in [2.45, 2.75) is 71.3 Å². The fourth-order valence-electron chi connectivity index (χ4n) is 5.30. The van der Waals surface area contributed by atoms with Crippen molar-refractivity contribution in [3.63, 3.8) is 0 Å². The van der Waals surface area contributed by atoms with Crippen LogP contribution in [0.3, 0.4) is 0 Å². The largest absolute Gasteiger partial charge is 0.0648 e. The minimum atomic E-state index is 0.453. The molecule has 6 rings (SSSR count). The van der Waals surface area contributed by atoms with Crippen molar-refractivity contribution in [3.8, 4) is 11.1 Å². The molecular formula is C24H28Si. The summed E-state index contributed by atoms with van der Waals surface area (Å²) < 4.78 is 0. The molecule has 0 aromatic heterocycles. The van der Waals surface area contributed by atoms with E-state index in [1.54, 1.807) is 32.3 Å². The SMILES string of the molecule is CCC1[SiH]=c2c(C)c3c4c(-c5cc(C(C)C)cc(C(C)C)c5)c2=C1C34. The van der Waals surface area contributed by atoms with Gasteiger partial charge in [0.25, 0.3) is 0 Å². The highest BCUT2D eigenvalue weighted by molar-refractivity contribution is 6.37. The molecule has 0 fully saturated rings. The highest BCUT2D eigenvalue weighted by atomic mass is 28.2. The molecule has 2 aromatic carbocycles. The molecule has 0 spiro atoms. The molecule has 128 valence electrons. The molecule has 2 unspecified atom stereocenters. The third-order valence-electron chi connectivity index (χ3n) is 6.79. The van der Waals surface area contributed by atoms with Gasteiger partial charge in [0, 0.05) is 15.0 Å².